The highest BCUT2D eigenvalue weighted by molar-refractivity contribution is 7.88. The summed E-state index contributed by atoms with van der Waals surface area (Å²) in [4.78, 5) is 2.27. The molecule has 0 atom stereocenters. The number of nitrogens with one attached hydrogen (secondary N) is 1. The van der Waals surface area contributed by atoms with Crippen LogP contribution in [0.15, 0.2) is 30.3 Å². The summed E-state index contributed by atoms with van der Waals surface area (Å²) in [5.74, 6) is 0.0209. The summed E-state index contributed by atoms with van der Waals surface area (Å²) >= 11 is 0. The molecule has 0 saturated carbocycles. The van der Waals surface area contributed by atoms with Crippen LogP contribution in [-0.4, -0.2) is 51.7 Å². The van der Waals surface area contributed by atoms with Crippen LogP contribution in [0.1, 0.15) is 19.4 Å². The van der Waals surface area contributed by atoms with Gasteiger partial charge in [-0.2, -0.15) is 0 Å². The molecule has 21 heavy (non-hydrogen) atoms. The monoisotopic (exact) mass is 312 g/mol. The Morgan fingerprint density at radius 2 is 1.81 bits per heavy atom. The van der Waals surface area contributed by atoms with E-state index < -0.39 is 10.0 Å². The molecule has 1 fully saturated rings. The highest BCUT2D eigenvalue weighted by Gasteiger charge is 2.29. The lowest BCUT2D eigenvalue weighted by molar-refractivity contribution is -0.00803. The molecule has 6 heteroatoms. The van der Waals surface area contributed by atoms with E-state index in [0.29, 0.717) is 19.8 Å². The summed E-state index contributed by atoms with van der Waals surface area (Å²) in [5.41, 5.74) is 0.585. The van der Waals surface area contributed by atoms with Crippen molar-refractivity contribution in [2.45, 2.75) is 25.1 Å². The lowest BCUT2D eigenvalue weighted by Gasteiger charge is -2.40. The van der Waals surface area contributed by atoms with E-state index in [1.807, 2.05) is 30.3 Å². The van der Waals surface area contributed by atoms with Gasteiger partial charge in [0.2, 0.25) is 10.0 Å². The van der Waals surface area contributed by atoms with Crippen LogP contribution in [0.2, 0.25) is 0 Å². The third kappa shape index (κ3) is 5.07. The SMILES string of the molecule is CC(C)(CNS(=O)(=O)Cc1ccccc1)N1CCOCC1. The molecule has 5 nitrogen and oxygen atoms in total. The number of rotatable bonds is 6. The third-order valence-electron chi connectivity index (χ3n) is 3.79. The first-order valence-electron chi connectivity index (χ1n) is 7.23. The number of benzene rings is 1. The van der Waals surface area contributed by atoms with Crippen LogP contribution in [0, 0.1) is 0 Å². The van der Waals surface area contributed by atoms with Gasteiger partial charge in [0.15, 0.2) is 0 Å². The fraction of sp³-hybridized carbons (Fsp3) is 0.600. The van der Waals surface area contributed by atoms with Gasteiger partial charge in [-0.15, -0.1) is 0 Å². The summed E-state index contributed by atoms with van der Waals surface area (Å²) in [6, 6.07) is 9.23. The molecule has 0 bridgehead atoms. The van der Waals surface area contributed by atoms with Gasteiger partial charge in [0.1, 0.15) is 0 Å². The summed E-state index contributed by atoms with van der Waals surface area (Å²) < 4.78 is 32.4. The van der Waals surface area contributed by atoms with Gasteiger partial charge in [-0.05, 0) is 19.4 Å². The molecule has 0 spiro atoms. The van der Waals surface area contributed by atoms with Crippen molar-refractivity contribution in [3.63, 3.8) is 0 Å². The first-order valence-corrected chi connectivity index (χ1v) is 8.88. The highest BCUT2D eigenvalue weighted by Crippen LogP contribution is 2.16. The summed E-state index contributed by atoms with van der Waals surface area (Å²) in [6.45, 7) is 7.62. The van der Waals surface area contributed by atoms with Crippen LogP contribution in [0.5, 0.6) is 0 Å². The van der Waals surface area contributed by atoms with E-state index in [2.05, 4.69) is 23.5 Å². The molecule has 1 aliphatic heterocycles. The summed E-state index contributed by atoms with van der Waals surface area (Å²) in [7, 11) is -3.31. The molecule has 1 aromatic carbocycles. The molecule has 1 aliphatic rings. The Balaban J connectivity index is 1.91. The Hall–Kier alpha value is -0.950. The number of hydrogen-bond acceptors (Lipinski definition) is 4. The zero-order valence-electron chi connectivity index (χ0n) is 12.7. The normalized spacial score (nSPS) is 17.8. The minimum atomic E-state index is -3.31. The van der Waals surface area contributed by atoms with Crippen molar-refractivity contribution in [3.05, 3.63) is 35.9 Å². The first kappa shape index (κ1) is 16.4. The van der Waals surface area contributed by atoms with Gasteiger partial charge in [0.25, 0.3) is 0 Å². The number of sulfonamides is 1. The van der Waals surface area contributed by atoms with E-state index in [1.165, 1.54) is 0 Å². The second-order valence-corrected chi connectivity index (χ2v) is 7.78. The first-order chi connectivity index (χ1) is 9.89. The molecule has 1 aromatic rings. The average molecular weight is 312 g/mol. The molecule has 0 aromatic heterocycles. The maximum absolute atomic E-state index is 12.2. The molecule has 2 rings (SSSR count). The molecule has 0 unspecified atom stereocenters. The molecular formula is C15H24N2O3S. The van der Waals surface area contributed by atoms with Crippen molar-refractivity contribution in [1.82, 2.24) is 9.62 Å². The van der Waals surface area contributed by atoms with Gasteiger partial charge in [-0.1, -0.05) is 30.3 Å². The Labute approximate surface area is 127 Å². The van der Waals surface area contributed by atoms with E-state index in [-0.39, 0.29) is 11.3 Å². The van der Waals surface area contributed by atoms with Crippen LogP contribution in [0.3, 0.4) is 0 Å². The van der Waals surface area contributed by atoms with E-state index in [4.69, 9.17) is 4.74 Å². The molecule has 1 heterocycles. The van der Waals surface area contributed by atoms with Crippen molar-refractivity contribution < 1.29 is 13.2 Å². The van der Waals surface area contributed by atoms with Gasteiger partial charge >= 0.3 is 0 Å². The average Bonchev–Trinajstić information content (AvgIpc) is 2.47. The molecule has 118 valence electrons. The largest absolute Gasteiger partial charge is 0.379 e. The smallest absolute Gasteiger partial charge is 0.215 e. The molecule has 0 aliphatic carbocycles. The van der Waals surface area contributed by atoms with Crippen molar-refractivity contribution in [2.75, 3.05) is 32.8 Å². The minimum absolute atomic E-state index is 0.0209. The minimum Gasteiger partial charge on any atom is -0.379 e. The van der Waals surface area contributed by atoms with Crippen LogP contribution < -0.4 is 4.72 Å². The lowest BCUT2D eigenvalue weighted by atomic mass is 10.0. The predicted octanol–water partition coefficient (Wildman–Crippen LogP) is 1.22. The van der Waals surface area contributed by atoms with Gasteiger partial charge < -0.3 is 4.74 Å². The Bertz CT molecular complexity index is 537. The highest BCUT2D eigenvalue weighted by atomic mass is 32.2. The Morgan fingerprint density at radius 1 is 1.19 bits per heavy atom. The fourth-order valence-electron chi connectivity index (χ4n) is 2.41. The van der Waals surface area contributed by atoms with E-state index in [9.17, 15) is 8.42 Å². The maximum atomic E-state index is 12.2. The maximum Gasteiger partial charge on any atom is 0.215 e. The number of nitrogens with zero attached hydrogens (tertiary/aromatic N) is 1. The van der Waals surface area contributed by atoms with Gasteiger partial charge in [0.05, 0.1) is 19.0 Å². The summed E-state index contributed by atoms with van der Waals surface area (Å²) in [6.07, 6.45) is 0. The zero-order valence-corrected chi connectivity index (χ0v) is 13.5. The second kappa shape index (κ2) is 6.87. The van der Waals surface area contributed by atoms with Gasteiger partial charge in [-0.3, -0.25) is 4.90 Å². The molecular weight excluding hydrogens is 288 g/mol. The van der Waals surface area contributed by atoms with Gasteiger partial charge in [-0.25, -0.2) is 13.1 Å². The van der Waals surface area contributed by atoms with E-state index >= 15 is 0 Å². The van der Waals surface area contributed by atoms with E-state index in [0.717, 1.165) is 18.7 Å². The molecule has 0 amide bonds. The summed E-state index contributed by atoms with van der Waals surface area (Å²) in [5, 5.41) is 0. The molecule has 0 radical (unpaired) electrons. The fourth-order valence-corrected chi connectivity index (χ4v) is 3.72. The van der Waals surface area contributed by atoms with Crippen molar-refractivity contribution in [1.29, 1.82) is 0 Å². The number of ether oxygens (including phenoxy) is 1. The van der Waals surface area contributed by atoms with Crippen LogP contribution in [0.25, 0.3) is 0 Å². The number of morpholine rings is 1. The standard InChI is InChI=1S/C15H24N2O3S/c1-15(2,17-8-10-20-11-9-17)13-16-21(18,19)12-14-6-4-3-5-7-14/h3-7,16H,8-13H2,1-2H3. The van der Waals surface area contributed by atoms with Crippen molar-refractivity contribution >= 4 is 10.0 Å². The molecule has 1 N–H and O–H groups in total. The molecule has 1 saturated heterocycles. The quantitative estimate of drug-likeness (QED) is 0.858. The Kier molecular flexibility index (Phi) is 5.37. The lowest BCUT2D eigenvalue weighted by Crippen LogP contribution is -2.55. The van der Waals surface area contributed by atoms with Crippen LogP contribution in [-0.2, 0) is 20.5 Å². The Morgan fingerprint density at radius 3 is 2.43 bits per heavy atom. The van der Waals surface area contributed by atoms with Crippen molar-refractivity contribution in [2.24, 2.45) is 0 Å². The second-order valence-electron chi connectivity index (χ2n) is 5.98. The van der Waals surface area contributed by atoms with E-state index in [1.54, 1.807) is 0 Å². The number of hydrogen-bond donors (Lipinski definition) is 1. The predicted molar refractivity (Wildman–Crippen MR) is 83.5 cm³/mol. The van der Waals surface area contributed by atoms with Crippen LogP contribution in [0.4, 0.5) is 0 Å². The zero-order chi connectivity index (χ0) is 15.3. The van der Waals surface area contributed by atoms with Gasteiger partial charge in [0, 0.05) is 25.2 Å². The van der Waals surface area contributed by atoms with Crippen LogP contribution >= 0.6 is 0 Å². The third-order valence-corrected chi connectivity index (χ3v) is 5.09. The van der Waals surface area contributed by atoms with Crippen molar-refractivity contribution in [3.8, 4) is 0 Å². The topological polar surface area (TPSA) is 58.6 Å².